The molecule has 0 spiro atoms. The Hall–Kier alpha value is -1.72. The Bertz CT molecular complexity index is 288. The number of rotatable bonds is 3. The van der Waals surface area contributed by atoms with Crippen molar-refractivity contribution in [2.45, 2.75) is 13.8 Å². The van der Waals surface area contributed by atoms with Gasteiger partial charge >= 0.3 is 12.1 Å². The lowest BCUT2D eigenvalue weighted by Gasteiger charge is -2.15. The van der Waals surface area contributed by atoms with Crippen LogP contribution >= 0.6 is 0 Å². The van der Waals surface area contributed by atoms with Gasteiger partial charge in [0.15, 0.2) is 0 Å². The number of esters is 1. The summed E-state index contributed by atoms with van der Waals surface area (Å²) in [6, 6.07) is 0. The smallest absolute Gasteiger partial charge is 0.428 e. The Labute approximate surface area is 87.8 Å². The molecule has 0 saturated heterocycles. The van der Waals surface area contributed by atoms with Crippen LogP contribution < -0.4 is 5.43 Å². The number of hydrogen-bond donors (Lipinski definition) is 1. The maximum absolute atomic E-state index is 11.3. The summed E-state index contributed by atoms with van der Waals surface area (Å²) in [5.74, 6) is -0.420. The van der Waals surface area contributed by atoms with Crippen molar-refractivity contribution in [1.29, 1.82) is 0 Å². The number of hydrogen-bond acceptors (Lipinski definition) is 5. The SMILES string of the molecule is CCOC(=O)C1=CNN(C(=O)OCC)C1. The molecule has 0 saturated carbocycles. The van der Waals surface area contributed by atoms with Crippen molar-refractivity contribution in [3.8, 4) is 0 Å². The summed E-state index contributed by atoms with van der Waals surface area (Å²) in [6.07, 6.45) is 0.933. The Kier molecular flexibility index (Phi) is 3.96. The van der Waals surface area contributed by atoms with Crippen LogP contribution in [-0.2, 0) is 14.3 Å². The van der Waals surface area contributed by atoms with E-state index in [4.69, 9.17) is 9.47 Å². The van der Waals surface area contributed by atoms with Crippen molar-refractivity contribution in [1.82, 2.24) is 10.4 Å². The standard InChI is InChI=1S/C9H14N2O4/c1-3-14-8(12)7-5-10-11(6-7)9(13)15-4-2/h5,10H,3-4,6H2,1-2H3. The van der Waals surface area contributed by atoms with Crippen LogP contribution in [0.4, 0.5) is 4.79 Å². The van der Waals surface area contributed by atoms with Gasteiger partial charge < -0.3 is 9.47 Å². The first kappa shape index (κ1) is 11.4. The maximum atomic E-state index is 11.3. The predicted molar refractivity (Wildman–Crippen MR) is 51.6 cm³/mol. The van der Waals surface area contributed by atoms with E-state index >= 15 is 0 Å². The highest BCUT2D eigenvalue weighted by atomic mass is 16.6. The second-order valence-corrected chi connectivity index (χ2v) is 2.80. The highest BCUT2D eigenvalue weighted by Crippen LogP contribution is 2.07. The van der Waals surface area contributed by atoms with Crippen molar-refractivity contribution < 1.29 is 19.1 Å². The third-order valence-corrected chi connectivity index (χ3v) is 1.75. The molecule has 1 heterocycles. The first-order valence-corrected chi connectivity index (χ1v) is 4.75. The zero-order valence-electron chi connectivity index (χ0n) is 8.78. The van der Waals surface area contributed by atoms with Gasteiger partial charge in [-0.1, -0.05) is 0 Å². The molecule has 1 N–H and O–H groups in total. The van der Waals surface area contributed by atoms with Gasteiger partial charge in [-0.05, 0) is 13.8 Å². The van der Waals surface area contributed by atoms with Crippen molar-refractivity contribution in [2.75, 3.05) is 19.8 Å². The van der Waals surface area contributed by atoms with Crippen LogP contribution in [0.2, 0.25) is 0 Å². The van der Waals surface area contributed by atoms with Crippen LogP contribution in [0.15, 0.2) is 11.8 Å². The number of nitrogens with one attached hydrogen (secondary N) is 1. The fraction of sp³-hybridized carbons (Fsp3) is 0.556. The molecule has 84 valence electrons. The number of carbonyl (C=O) groups is 2. The van der Waals surface area contributed by atoms with E-state index in [-0.39, 0.29) is 6.54 Å². The molecule has 15 heavy (non-hydrogen) atoms. The van der Waals surface area contributed by atoms with Gasteiger partial charge in [0.25, 0.3) is 0 Å². The fourth-order valence-corrected chi connectivity index (χ4v) is 1.08. The Morgan fingerprint density at radius 1 is 1.40 bits per heavy atom. The van der Waals surface area contributed by atoms with Gasteiger partial charge in [-0.15, -0.1) is 0 Å². The van der Waals surface area contributed by atoms with Gasteiger partial charge in [0, 0.05) is 6.20 Å². The van der Waals surface area contributed by atoms with Crippen LogP contribution in [0.1, 0.15) is 13.8 Å². The second kappa shape index (κ2) is 5.23. The highest BCUT2D eigenvalue weighted by molar-refractivity contribution is 5.90. The quantitative estimate of drug-likeness (QED) is 0.689. The minimum absolute atomic E-state index is 0.164. The third kappa shape index (κ3) is 2.87. The molecule has 0 aromatic rings. The topological polar surface area (TPSA) is 67.9 Å². The summed E-state index contributed by atoms with van der Waals surface area (Å²) in [4.78, 5) is 22.5. The van der Waals surface area contributed by atoms with Crippen molar-refractivity contribution in [2.24, 2.45) is 0 Å². The number of amides is 1. The van der Waals surface area contributed by atoms with E-state index in [9.17, 15) is 9.59 Å². The average molecular weight is 214 g/mol. The maximum Gasteiger partial charge on any atom is 0.428 e. The van der Waals surface area contributed by atoms with Crippen molar-refractivity contribution in [3.63, 3.8) is 0 Å². The van der Waals surface area contributed by atoms with Crippen LogP contribution in [-0.4, -0.2) is 36.8 Å². The molecule has 0 aromatic heterocycles. The van der Waals surface area contributed by atoms with Gasteiger partial charge in [0.05, 0.1) is 25.3 Å². The zero-order valence-corrected chi connectivity index (χ0v) is 8.78. The average Bonchev–Trinajstić information content (AvgIpc) is 2.67. The lowest BCUT2D eigenvalue weighted by atomic mass is 10.3. The largest absolute Gasteiger partial charge is 0.463 e. The molecule has 0 fully saturated rings. The summed E-state index contributed by atoms with van der Waals surface area (Å²) in [5, 5.41) is 1.20. The fourth-order valence-electron chi connectivity index (χ4n) is 1.08. The van der Waals surface area contributed by atoms with Crippen LogP contribution in [0.25, 0.3) is 0 Å². The van der Waals surface area contributed by atoms with Gasteiger partial charge in [-0.2, -0.15) is 0 Å². The van der Waals surface area contributed by atoms with Gasteiger partial charge in [0.1, 0.15) is 0 Å². The normalized spacial score (nSPS) is 14.3. The summed E-state index contributed by atoms with van der Waals surface area (Å²) in [6.45, 7) is 4.22. The van der Waals surface area contributed by atoms with Crippen LogP contribution in [0.3, 0.4) is 0 Å². The number of ether oxygens (including phenoxy) is 2. The van der Waals surface area contributed by atoms with Crippen molar-refractivity contribution >= 4 is 12.1 Å². The van der Waals surface area contributed by atoms with E-state index < -0.39 is 12.1 Å². The summed E-state index contributed by atoms with van der Waals surface area (Å²) in [7, 11) is 0. The lowest BCUT2D eigenvalue weighted by Crippen LogP contribution is -2.37. The summed E-state index contributed by atoms with van der Waals surface area (Å²) in [5.41, 5.74) is 3.03. The second-order valence-electron chi connectivity index (χ2n) is 2.80. The molecule has 0 bridgehead atoms. The molecular weight excluding hydrogens is 200 g/mol. The lowest BCUT2D eigenvalue weighted by molar-refractivity contribution is -0.138. The molecule has 0 atom stereocenters. The molecule has 1 amide bonds. The van der Waals surface area contributed by atoms with E-state index in [1.54, 1.807) is 13.8 Å². The predicted octanol–water partition coefficient (Wildman–Crippen LogP) is 0.410. The number of carbonyl (C=O) groups excluding carboxylic acids is 2. The molecule has 0 unspecified atom stereocenters. The molecule has 6 heteroatoms. The Morgan fingerprint density at radius 2 is 2.07 bits per heavy atom. The molecule has 0 radical (unpaired) electrons. The van der Waals surface area contributed by atoms with Gasteiger partial charge in [-0.25, -0.2) is 14.6 Å². The van der Waals surface area contributed by atoms with E-state index in [1.807, 2.05) is 0 Å². The summed E-state index contributed by atoms with van der Waals surface area (Å²) < 4.78 is 9.54. The molecule has 1 aliphatic rings. The highest BCUT2D eigenvalue weighted by Gasteiger charge is 2.25. The van der Waals surface area contributed by atoms with Crippen LogP contribution in [0.5, 0.6) is 0 Å². The third-order valence-electron chi connectivity index (χ3n) is 1.75. The minimum atomic E-state index is -0.506. The van der Waals surface area contributed by atoms with E-state index in [0.29, 0.717) is 18.8 Å². The molecule has 1 rings (SSSR count). The van der Waals surface area contributed by atoms with E-state index in [0.717, 1.165) is 0 Å². The zero-order chi connectivity index (χ0) is 11.3. The van der Waals surface area contributed by atoms with E-state index in [1.165, 1.54) is 11.2 Å². The van der Waals surface area contributed by atoms with Crippen molar-refractivity contribution in [3.05, 3.63) is 11.8 Å². The van der Waals surface area contributed by atoms with E-state index in [2.05, 4.69) is 5.43 Å². The first-order valence-electron chi connectivity index (χ1n) is 4.75. The molecule has 0 aliphatic carbocycles. The van der Waals surface area contributed by atoms with Gasteiger partial charge in [-0.3, -0.25) is 5.43 Å². The molecule has 0 aromatic carbocycles. The Morgan fingerprint density at radius 3 is 2.67 bits per heavy atom. The summed E-state index contributed by atoms with van der Waals surface area (Å²) >= 11 is 0. The molecular formula is C9H14N2O4. The number of nitrogens with zero attached hydrogens (tertiary/aromatic N) is 1. The Balaban J connectivity index is 2.43. The number of hydrazine groups is 1. The van der Waals surface area contributed by atoms with Gasteiger partial charge in [0.2, 0.25) is 0 Å². The first-order chi connectivity index (χ1) is 7.19. The molecule has 6 nitrogen and oxygen atoms in total. The van der Waals surface area contributed by atoms with Crippen LogP contribution in [0, 0.1) is 0 Å². The monoisotopic (exact) mass is 214 g/mol. The molecule has 1 aliphatic heterocycles. The minimum Gasteiger partial charge on any atom is -0.463 e.